The van der Waals surface area contributed by atoms with Crippen LogP contribution in [0.5, 0.6) is 0 Å². The summed E-state index contributed by atoms with van der Waals surface area (Å²) in [5, 5.41) is 13.2. The molecule has 182 valence electrons. The summed E-state index contributed by atoms with van der Waals surface area (Å²) in [5.74, 6) is -1.60. The number of fused-ring (bicyclic) bond motifs is 1. The summed E-state index contributed by atoms with van der Waals surface area (Å²) in [4.78, 5) is 40.7. The van der Waals surface area contributed by atoms with E-state index in [9.17, 15) is 19.6 Å². The first-order valence-corrected chi connectivity index (χ1v) is 12.9. The van der Waals surface area contributed by atoms with Crippen molar-refractivity contribution in [3.05, 3.63) is 72.8 Å². The zero-order valence-corrected chi connectivity index (χ0v) is 21.8. The Kier molecular flexibility index (Phi) is 6.25. The fourth-order valence-corrected chi connectivity index (χ4v) is 6.60. The second kappa shape index (κ2) is 9.25. The standard InChI is InChI=1S/C26H20Cl2N4O3S/c1-13-10-15(14(2)31(13)25-18(12-29)16-6-3-4-9-21(16)36-25)11-17-23(33)30-26(35)32(24(17)34)20-8-5-7-19(27)22(20)28/h5,7-8,10-11H,3-4,6,9H2,1-2H3,(H,30,33,35)/b17-11-. The molecular formula is C26H20Cl2N4O3S. The number of aryl methyl sites for hydroxylation is 2. The number of thiophene rings is 1. The van der Waals surface area contributed by atoms with Gasteiger partial charge >= 0.3 is 6.03 Å². The summed E-state index contributed by atoms with van der Waals surface area (Å²) in [5.41, 5.74) is 3.96. The Balaban J connectivity index is 1.59. The maximum atomic E-state index is 13.3. The van der Waals surface area contributed by atoms with Crippen molar-refractivity contribution in [2.45, 2.75) is 39.5 Å². The van der Waals surface area contributed by atoms with Crippen LogP contribution in [0.15, 0.2) is 29.8 Å². The molecule has 5 rings (SSSR count). The lowest BCUT2D eigenvalue weighted by Gasteiger charge is -2.27. The third-order valence-electron chi connectivity index (χ3n) is 6.51. The molecule has 0 unspecified atom stereocenters. The number of amides is 4. The van der Waals surface area contributed by atoms with Crippen molar-refractivity contribution in [1.29, 1.82) is 5.26 Å². The molecule has 2 aliphatic rings. The van der Waals surface area contributed by atoms with E-state index in [1.807, 2.05) is 24.5 Å². The van der Waals surface area contributed by atoms with Gasteiger partial charge in [0.05, 0.1) is 21.3 Å². The number of hydrogen-bond donors (Lipinski definition) is 1. The fraction of sp³-hybridized carbons (Fsp3) is 0.231. The topological polar surface area (TPSA) is 95.2 Å². The zero-order valence-electron chi connectivity index (χ0n) is 19.4. The highest BCUT2D eigenvalue weighted by Crippen LogP contribution is 2.39. The zero-order chi connectivity index (χ0) is 25.7. The number of imide groups is 2. The molecule has 0 saturated carbocycles. The van der Waals surface area contributed by atoms with Gasteiger partial charge in [-0.2, -0.15) is 5.26 Å². The first-order valence-electron chi connectivity index (χ1n) is 11.3. The monoisotopic (exact) mass is 538 g/mol. The van der Waals surface area contributed by atoms with Crippen molar-refractivity contribution in [2.24, 2.45) is 0 Å². The molecule has 3 aromatic rings. The van der Waals surface area contributed by atoms with Crippen LogP contribution in [0.2, 0.25) is 10.0 Å². The molecular weight excluding hydrogens is 519 g/mol. The van der Waals surface area contributed by atoms with Crippen LogP contribution in [0.3, 0.4) is 0 Å². The van der Waals surface area contributed by atoms with Crippen LogP contribution in [0.25, 0.3) is 11.1 Å². The molecule has 1 aliphatic heterocycles. The number of carbonyl (C=O) groups is 3. The van der Waals surface area contributed by atoms with Crippen LogP contribution in [0.4, 0.5) is 10.5 Å². The smallest absolute Gasteiger partial charge is 0.308 e. The lowest BCUT2D eigenvalue weighted by Crippen LogP contribution is -2.54. The normalized spacial score (nSPS) is 16.8. The third kappa shape index (κ3) is 3.84. The average Bonchev–Trinajstić information content (AvgIpc) is 3.34. The lowest BCUT2D eigenvalue weighted by molar-refractivity contribution is -0.122. The van der Waals surface area contributed by atoms with Crippen LogP contribution in [-0.2, 0) is 22.4 Å². The van der Waals surface area contributed by atoms with E-state index in [2.05, 4.69) is 11.4 Å². The molecule has 7 nitrogen and oxygen atoms in total. The van der Waals surface area contributed by atoms with Crippen LogP contribution in [-0.4, -0.2) is 22.4 Å². The lowest BCUT2D eigenvalue weighted by atomic mass is 9.96. The van der Waals surface area contributed by atoms with Crippen molar-refractivity contribution in [3.63, 3.8) is 0 Å². The summed E-state index contributed by atoms with van der Waals surface area (Å²) < 4.78 is 2.00. The largest absolute Gasteiger partial charge is 0.336 e. The minimum absolute atomic E-state index is 0.0280. The molecule has 3 heterocycles. The predicted octanol–water partition coefficient (Wildman–Crippen LogP) is 5.88. The van der Waals surface area contributed by atoms with E-state index in [1.54, 1.807) is 17.4 Å². The minimum atomic E-state index is -0.903. The maximum Gasteiger partial charge on any atom is 0.336 e. The molecule has 2 aromatic heterocycles. The Morgan fingerprint density at radius 1 is 1.14 bits per heavy atom. The molecule has 1 saturated heterocycles. The van der Waals surface area contributed by atoms with Crippen molar-refractivity contribution in [2.75, 3.05) is 4.90 Å². The minimum Gasteiger partial charge on any atom is -0.308 e. The van der Waals surface area contributed by atoms with Gasteiger partial charge in [-0.3, -0.25) is 14.9 Å². The van der Waals surface area contributed by atoms with E-state index >= 15 is 0 Å². The van der Waals surface area contributed by atoms with E-state index < -0.39 is 17.8 Å². The van der Waals surface area contributed by atoms with E-state index in [1.165, 1.54) is 23.1 Å². The number of rotatable bonds is 3. The van der Waals surface area contributed by atoms with Crippen LogP contribution < -0.4 is 10.2 Å². The molecule has 1 aromatic carbocycles. The van der Waals surface area contributed by atoms with E-state index in [0.29, 0.717) is 11.1 Å². The Morgan fingerprint density at radius 2 is 1.89 bits per heavy atom. The molecule has 1 aliphatic carbocycles. The average molecular weight is 539 g/mol. The molecule has 0 spiro atoms. The number of barbiturate groups is 1. The van der Waals surface area contributed by atoms with Crippen molar-refractivity contribution >= 4 is 64.1 Å². The van der Waals surface area contributed by atoms with Gasteiger partial charge in [-0.05, 0) is 74.9 Å². The molecule has 10 heteroatoms. The van der Waals surface area contributed by atoms with E-state index in [0.717, 1.165) is 52.5 Å². The van der Waals surface area contributed by atoms with Crippen LogP contribution in [0, 0.1) is 25.2 Å². The number of carbonyl (C=O) groups excluding carboxylic acids is 3. The highest BCUT2D eigenvalue weighted by Gasteiger charge is 2.38. The van der Waals surface area contributed by atoms with Gasteiger partial charge in [-0.25, -0.2) is 9.69 Å². The van der Waals surface area contributed by atoms with Gasteiger partial charge in [-0.15, -0.1) is 11.3 Å². The number of anilines is 1. The van der Waals surface area contributed by atoms with Crippen LogP contribution >= 0.6 is 34.5 Å². The van der Waals surface area contributed by atoms with Crippen molar-refractivity contribution < 1.29 is 14.4 Å². The van der Waals surface area contributed by atoms with Gasteiger partial charge in [0, 0.05) is 16.3 Å². The predicted molar refractivity (Wildman–Crippen MR) is 140 cm³/mol. The van der Waals surface area contributed by atoms with Gasteiger partial charge < -0.3 is 4.57 Å². The molecule has 4 amide bonds. The number of halogens is 2. The molecule has 36 heavy (non-hydrogen) atoms. The van der Waals surface area contributed by atoms with Crippen molar-refractivity contribution in [3.8, 4) is 11.1 Å². The number of hydrogen-bond acceptors (Lipinski definition) is 5. The SMILES string of the molecule is Cc1cc(/C=C2/C(=O)NC(=O)N(c3cccc(Cl)c3Cl)C2=O)c(C)n1-c1sc2c(c1C#N)CCCC2. The van der Waals surface area contributed by atoms with Crippen LogP contribution in [0.1, 0.15) is 45.8 Å². The summed E-state index contributed by atoms with van der Waals surface area (Å²) in [6.45, 7) is 3.79. The summed E-state index contributed by atoms with van der Waals surface area (Å²) in [7, 11) is 0. The number of benzene rings is 1. The fourth-order valence-electron chi connectivity index (χ4n) is 4.77. The Labute approximate surface area is 221 Å². The first kappa shape index (κ1) is 24.3. The highest BCUT2D eigenvalue weighted by atomic mass is 35.5. The van der Waals surface area contributed by atoms with Crippen molar-refractivity contribution in [1.82, 2.24) is 9.88 Å². The number of nitrogens with one attached hydrogen (secondary N) is 1. The molecule has 1 fully saturated rings. The van der Waals surface area contributed by atoms with Gasteiger partial charge in [0.15, 0.2) is 0 Å². The molecule has 0 atom stereocenters. The van der Waals surface area contributed by atoms with Gasteiger partial charge in [0.25, 0.3) is 11.8 Å². The second-order valence-electron chi connectivity index (χ2n) is 8.70. The molecule has 0 bridgehead atoms. The quantitative estimate of drug-likeness (QED) is 0.332. The van der Waals surface area contributed by atoms with Gasteiger partial charge in [0.1, 0.15) is 16.6 Å². The number of nitrogens with zero attached hydrogens (tertiary/aromatic N) is 3. The number of aromatic nitrogens is 1. The summed E-state index contributed by atoms with van der Waals surface area (Å²) >= 11 is 14.0. The Morgan fingerprint density at radius 3 is 2.64 bits per heavy atom. The maximum absolute atomic E-state index is 13.3. The molecule has 1 N–H and O–H groups in total. The van der Waals surface area contributed by atoms with Gasteiger partial charge in [-0.1, -0.05) is 29.3 Å². The third-order valence-corrected chi connectivity index (χ3v) is 8.60. The van der Waals surface area contributed by atoms with Gasteiger partial charge in [0.2, 0.25) is 0 Å². The van der Waals surface area contributed by atoms with E-state index in [4.69, 9.17) is 23.2 Å². The van der Waals surface area contributed by atoms with E-state index in [-0.39, 0.29) is 21.3 Å². The second-order valence-corrected chi connectivity index (χ2v) is 10.6. The number of urea groups is 1. The number of nitriles is 1. The Hall–Kier alpha value is -3.38. The first-order chi connectivity index (χ1) is 17.2. The Bertz CT molecular complexity index is 1540. The molecule has 0 radical (unpaired) electrons. The summed E-state index contributed by atoms with van der Waals surface area (Å²) in [6.07, 6.45) is 5.52. The highest BCUT2D eigenvalue weighted by molar-refractivity contribution is 7.15. The summed E-state index contributed by atoms with van der Waals surface area (Å²) in [6, 6.07) is 7.92.